The molecule has 0 radical (unpaired) electrons. The van der Waals surface area contributed by atoms with Crippen LogP contribution in [0.25, 0.3) is 0 Å². The molecule has 0 saturated carbocycles. The van der Waals surface area contributed by atoms with E-state index in [1.807, 2.05) is 24.3 Å². The number of piperidine rings is 1. The third-order valence-corrected chi connectivity index (χ3v) is 8.67. The molecule has 1 atom stereocenters. The lowest BCUT2D eigenvalue weighted by Gasteiger charge is -2.32. The van der Waals surface area contributed by atoms with Crippen molar-refractivity contribution in [2.75, 3.05) is 19.7 Å². The van der Waals surface area contributed by atoms with Crippen LogP contribution in [0.15, 0.2) is 53.4 Å². The molecule has 10 heteroatoms. The molecule has 1 unspecified atom stereocenters. The van der Waals surface area contributed by atoms with Crippen LogP contribution in [-0.4, -0.2) is 56.6 Å². The van der Waals surface area contributed by atoms with Crippen molar-refractivity contribution < 1.29 is 27.6 Å². The van der Waals surface area contributed by atoms with Crippen molar-refractivity contribution in [3.8, 4) is 0 Å². The Hall–Kier alpha value is -2.79. The van der Waals surface area contributed by atoms with E-state index < -0.39 is 22.2 Å². The molecular weight excluding hydrogens is 494 g/mol. The van der Waals surface area contributed by atoms with Gasteiger partial charge in [0.25, 0.3) is 11.8 Å². The molecular formula is C27H35N3O6S. The Labute approximate surface area is 218 Å². The van der Waals surface area contributed by atoms with E-state index >= 15 is 0 Å². The van der Waals surface area contributed by atoms with E-state index in [9.17, 15) is 18.0 Å². The van der Waals surface area contributed by atoms with Crippen molar-refractivity contribution in [3.63, 3.8) is 0 Å². The van der Waals surface area contributed by atoms with Crippen molar-refractivity contribution in [3.05, 3.63) is 65.2 Å². The Morgan fingerprint density at radius 1 is 1.00 bits per heavy atom. The first kappa shape index (κ1) is 27.3. The highest BCUT2D eigenvalue weighted by molar-refractivity contribution is 7.89. The predicted octanol–water partition coefficient (Wildman–Crippen LogP) is 3.41. The number of benzene rings is 2. The van der Waals surface area contributed by atoms with Gasteiger partial charge in [-0.15, -0.1) is 0 Å². The summed E-state index contributed by atoms with van der Waals surface area (Å²) < 4.78 is 33.7. The van der Waals surface area contributed by atoms with Gasteiger partial charge >= 0.3 is 0 Å². The van der Waals surface area contributed by atoms with Gasteiger partial charge in [-0.05, 0) is 61.9 Å². The van der Waals surface area contributed by atoms with Gasteiger partial charge in [0.1, 0.15) is 0 Å². The summed E-state index contributed by atoms with van der Waals surface area (Å²) in [6.45, 7) is 3.16. The highest BCUT2D eigenvalue weighted by Crippen LogP contribution is 2.24. The lowest BCUT2D eigenvalue weighted by molar-refractivity contribution is -0.186. The van der Waals surface area contributed by atoms with Crippen LogP contribution in [0, 0.1) is 0 Å². The molecule has 2 aromatic rings. The predicted molar refractivity (Wildman–Crippen MR) is 138 cm³/mol. The largest absolute Gasteiger partial charge is 0.350 e. The molecule has 37 heavy (non-hydrogen) atoms. The monoisotopic (exact) mass is 529 g/mol. The Balaban J connectivity index is 1.34. The van der Waals surface area contributed by atoms with Gasteiger partial charge in [-0.2, -0.15) is 4.31 Å². The summed E-state index contributed by atoms with van der Waals surface area (Å²) in [5, 5.41) is 3.02. The minimum atomic E-state index is -3.92. The zero-order valence-corrected chi connectivity index (χ0v) is 22.0. The number of ether oxygens (including phenoxy) is 1. The summed E-state index contributed by atoms with van der Waals surface area (Å²) in [6.07, 6.45) is 4.99. The van der Waals surface area contributed by atoms with Gasteiger partial charge in [-0.3, -0.25) is 9.59 Å². The average Bonchev–Trinajstić information content (AvgIpc) is 2.93. The fourth-order valence-corrected chi connectivity index (χ4v) is 6.28. The molecule has 0 spiro atoms. The summed E-state index contributed by atoms with van der Waals surface area (Å²) in [7, 11) is -3.92. The number of hydrogen-bond donors (Lipinski definition) is 2. The maximum Gasteiger partial charge on any atom is 0.276 e. The van der Waals surface area contributed by atoms with Crippen molar-refractivity contribution in [2.45, 2.75) is 69.1 Å². The van der Waals surface area contributed by atoms with Crippen LogP contribution in [0.2, 0.25) is 0 Å². The minimum Gasteiger partial charge on any atom is -0.350 e. The molecule has 9 nitrogen and oxygen atoms in total. The number of carbonyl (C=O) groups excluding carboxylic acids is 2. The maximum absolute atomic E-state index is 13.4. The van der Waals surface area contributed by atoms with Gasteiger partial charge < -0.3 is 10.1 Å². The SMILES string of the molecule is CCCc1ccc(C(=O)NC2CCN(S(=O)(=O)c3ccccc3C(=O)NOC3CCCCO3)CC2)cc1. The molecule has 2 saturated heterocycles. The zero-order valence-electron chi connectivity index (χ0n) is 21.1. The normalized spacial score (nSPS) is 19.3. The van der Waals surface area contributed by atoms with E-state index in [4.69, 9.17) is 9.57 Å². The van der Waals surface area contributed by atoms with E-state index in [-0.39, 0.29) is 35.5 Å². The topological polar surface area (TPSA) is 114 Å². The molecule has 2 fully saturated rings. The molecule has 200 valence electrons. The van der Waals surface area contributed by atoms with Crippen molar-refractivity contribution in [2.24, 2.45) is 0 Å². The van der Waals surface area contributed by atoms with Crippen LogP contribution in [0.4, 0.5) is 0 Å². The van der Waals surface area contributed by atoms with Crippen LogP contribution in [0.5, 0.6) is 0 Å². The van der Waals surface area contributed by atoms with Crippen molar-refractivity contribution in [1.82, 2.24) is 15.1 Å². The molecule has 2 amide bonds. The number of rotatable bonds is 9. The Kier molecular flexibility index (Phi) is 9.31. The molecule has 2 aliphatic rings. The van der Waals surface area contributed by atoms with Crippen molar-refractivity contribution in [1.29, 1.82) is 0 Å². The Bertz CT molecular complexity index is 1170. The summed E-state index contributed by atoms with van der Waals surface area (Å²) in [5.41, 5.74) is 4.15. The van der Waals surface area contributed by atoms with Gasteiger partial charge in [0.15, 0.2) is 6.29 Å². The van der Waals surface area contributed by atoms with Crippen LogP contribution in [0.1, 0.15) is 71.7 Å². The van der Waals surface area contributed by atoms with Gasteiger partial charge in [0, 0.05) is 37.7 Å². The third-order valence-electron chi connectivity index (χ3n) is 6.71. The third kappa shape index (κ3) is 6.95. The lowest BCUT2D eigenvalue weighted by atomic mass is 10.0. The molecule has 2 heterocycles. The number of sulfonamides is 1. The molecule has 0 aromatic heterocycles. The van der Waals surface area contributed by atoms with Gasteiger partial charge in [0.2, 0.25) is 10.0 Å². The fourth-order valence-electron chi connectivity index (χ4n) is 4.62. The highest BCUT2D eigenvalue weighted by atomic mass is 32.2. The molecule has 2 aromatic carbocycles. The van der Waals surface area contributed by atoms with E-state index in [0.717, 1.165) is 25.7 Å². The number of amides is 2. The van der Waals surface area contributed by atoms with E-state index in [1.165, 1.54) is 22.0 Å². The van der Waals surface area contributed by atoms with Gasteiger partial charge in [-0.25, -0.2) is 18.7 Å². The standard InChI is InChI=1S/C27H35N3O6S/c1-2-7-20-11-13-21(14-12-20)26(31)28-22-15-17-30(18-16-22)37(33,34)24-9-4-3-8-23(24)27(32)29-36-25-10-5-6-19-35-25/h3-4,8-9,11-14,22,25H,2,5-7,10,15-19H2,1H3,(H,28,31)(H,29,32). The number of aryl methyl sites for hydroxylation is 1. The van der Waals surface area contributed by atoms with E-state index in [0.29, 0.717) is 31.4 Å². The summed E-state index contributed by atoms with van der Waals surface area (Å²) in [5.74, 6) is -0.797. The molecule has 2 aliphatic heterocycles. The van der Waals surface area contributed by atoms with Crippen LogP contribution in [-0.2, 0) is 26.0 Å². The first-order valence-corrected chi connectivity index (χ1v) is 14.4. The Morgan fingerprint density at radius 2 is 1.73 bits per heavy atom. The molecule has 0 bridgehead atoms. The second-order valence-corrected chi connectivity index (χ2v) is 11.3. The average molecular weight is 530 g/mol. The number of carbonyl (C=O) groups is 2. The smallest absolute Gasteiger partial charge is 0.276 e. The second-order valence-electron chi connectivity index (χ2n) is 9.44. The van der Waals surface area contributed by atoms with Crippen LogP contribution < -0.4 is 10.8 Å². The first-order chi connectivity index (χ1) is 17.9. The van der Waals surface area contributed by atoms with Crippen LogP contribution in [0.3, 0.4) is 0 Å². The van der Waals surface area contributed by atoms with E-state index in [2.05, 4.69) is 17.7 Å². The quantitative estimate of drug-likeness (QED) is 0.481. The second kappa shape index (κ2) is 12.6. The number of nitrogens with zero attached hydrogens (tertiary/aromatic N) is 1. The summed E-state index contributed by atoms with van der Waals surface area (Å²) in [4.78, 5) is 30.7. The molecule has 4 rings (SSSR count). The van der Waals surface area contributed by atoms with E-state index in [1.54, 1.807) is 12.1 Å². The van der Waals surface area contributed by atoms with Crippen molar-refractivity contribution >= 4 is 21.8 Å². The number of hydroxylamine groups is 1. The first-order valence-electron chi connectivity index (χ1n) is 12.9. The molecule has 0 aliphatic carbocycles. The zero-order chi connectivity index (χ0) is 26.3. The minimum absolute atomic E-state index is 0.0141. The van der Waals surface area contributed by atoms with Crippen LogP contribution >= 0.6 is 0 Å². The molecule has 2 N–H and O–H groups in total. The van der Waals surface area contributed by atoms with Gasteiger partial charge in [-0.1, -0.05) is 37.6 Å². The summed E-state index contributed by atoms with van der Waals surface area (Å²) in [6, 6.07) is 13.6. The fraction of sp³-hybridized carbons (Fsp3) is 0.481. The summed E-state index contributed by atoms with van der Waals surface area (Å²) >= 11 is 0. The highest BCUT2D eigenvalue weighted by Gasteiger charge is 2.33. The van der Waals surface area contributed by atoms with Gasteiger partial charge in [0.05, 0.1) is 10.5 Å². The maximum atomic E-state index is 13.4. The lowest BCUT2D eigenvalue weighted by Crippen LogP contribution is -2.46. The number of nitrogens with one attached hydrogen (secondary N) is 2. The Morgan fingerprint density at radius 3 is 2.41 bits per heavy atom. The number of hydrogen-bond acceptors (Lipinski definition) is 6.